The van der Waals surface area contributed by atoms with Gasteiger partial charge in [0.2, 0.25) is 0 Å². The summed E-state index contributed by atoms with van der Waals surface area (Å²) < 4.78 is 49.7. The first-order chi connectivity index (χ1) is 14.8. The van der Waals surface area contributed by atoms with Crippen LogP contribution in [0.15, 0.2) is 70.7 Å². The smallest absolute Gasteiger partial charge is 0.276 e. The number of benzene rings is 3. The molecule has 6 nitrogen and oxygen atoms in total. The molecule has 0 aliphatic heterocycles. The number of nitrogens with one attached hydrogen (secondary N) is 1. The Bertz CT molecular complexity index is 1210. The summed E-state index contributed by atoms with van der Waals surface area (Å²) in [4.78, 5) is 2.39. The third kappa shape index (κ3) is 5.61. The molecule has 31 heavy (non-hydrogen) atoms. The molecule has 1 N–H and O–H groups in total. The van der Waals surface area contributed by atoms with Crippen molar-refractivity contribution in [1.82, 2.24) is 4.83 Å². The van der Waals surface area contributed by atoms with E-state index in [0.29, 0.717) is 28.2 Å². The summed E-state index contributed by atoms with van der Waals surface area (Å²) in [5, 5.41) is 3.85. The lowest BCUT2D eigenvalue weighted by molar-refractivity contribution is 0.279. The molecule has 0 fully saturated rings. The number of hydrogen-bond acceptors (Lipinski definition) is 5. The predicted octanol–water partition coefficient (Wildman–Crippen LogP) is 4.34. The maximum absolute atomic E-state index is 13.8. The first kappa shape index (κ1) is 22.3. The Morgan fingerprint density at radius 1 is 1.03 bits per heavy atom. The van der Waals surface area contributed by atoms with Crippen LogP contribution in [0.1, 0.15) is 22.3 Å². The Morgan fingerprint density at radius 3 is 2.52 bits per heavy atom. The highest BCUT2D eigenvalue weighted by Crippen LogP contribution is 2.28. The van der Waals surface area contributed by atoms with Crippen molar-refractivity contribution in [1.29, 1.82) is 0 Å². The summed E-state index contributed by atoms with van der Waals surface area (Å²) >= 11 is 0. The number of methoxy groups -OCH3 is 1. The van der Waals surface area contributed by atoms with Crippen LogP contribution in [0.25, 0.3) is 0 Å². The van der Waals surface area contributed by atoms with Crippen molar-refractivity contribution in [2.45, 2.75) is 25.3 Å². The number of ether oxygens (including phenoxy) is 2. The predicted molar refractivity (Wildman–Crippen MR) is 118 cm³/mol. The van der Waals surface area contributed by atoms with Gasteiger partial charge in [-0.05, 0) is 55.3 Å². The van der Waals surface area contributed by atoms with Gasteiger partial charge in [0, 0.05) is 5.56 Å². The van der Waals surface area contributed by atoms with Gasteiger partial charge in [0.1, 0.15) is 12.4 Å². The van der Waals surface area contributed by atoms with Gasteiger partial charge < -0.3 is 9.47 Å². The van der Waals surface area contributed by atoms with Crippen LogP contribution in [0, 0.1) is 19.7 Å². The molecule has 0 aliphatic carbocycles. The number of aryl methyl sites for hydroxylation is 2. The summed E-state index contributed by atoms with van der Waals surface area (Å²) in [6.07, 6.45) is 1.37. The first-order valence-electron chi connectivity index (χ1n) is 9.46. The molecule has 3 aromatic rings. The van der Waals surface area contributed by atoms with E-state index in [9.17, 15) is 12.8 Å². The molecular formula is C23H23FN2O4S. The normalized spacial score (nSPS) is 11.5. The molecule has 0 aromatic heterocycles. The van der Waals surface area contributed by atoms with Crippen molar-refractivity contribution >= 4 is 16.2 Å². The minimum Gasteiger partial charge on any atom is -0.493 e. The van der Waals surface area contributed by atoms with Crippen LogP contribution in [-0.4, -0.2) is 21.7 Å². The van der Waals surface area contributed by atoms with Crippen molar-refractivity contribution in [2.75, 3.05) is 7.11 Å². The minimum absolute atomic E-state index is 0.0478. The second-order valence-electron chi connectivity index (χ2n) is 6.91. The van der Waals surface area contributed by atoms with Gasteiger partial charge >= 0.3 is 0 Å². The largest absolute Gasteiger partial charge is 0.493 e. The third-order valence-electron chi connectivity index (χ3n) is 4.54. The summed E-state index contributed by atoms with van der Waals surface area (Å²) in [5.41, 5.74) is 2.64. The SMILES string of the molecule is COc1cc(/C=N/NS(=O)(=O)c2ccc(C)cc2C)ccc1OCc1ccccc1F. The fourth-order valence-corrected chi connectivity index (χ4v) is 3.99. The second-order valence-corrected chi connectivity index (χ2v) is 8.54. The number of nitrogens with zero attached hydrogens (tertiary/aromatic N) is 1. The van der Waals surface area contributed by atoms with E-state index in [1.807, 2.05) is 6.92 Å². The molecule has 0 aliphatic rings. The average molecular weight is 443 g/mol. The van der Waals surface area contributed by atoms with E-state index < -0.39 is 10.0 Å². The van der Waals surface area contributed by atoms with Crippen LogP contribution in [0.3, 0.4) is 0 Å². The Kier molecular flexibility index (Phi) is 6.91. The molecule has 0 bridgehead atoms. The summed E-state index contributed by atoms with van der Waals surface area (Å²) in [7, 11) is -2.30. The van der Waals surface area contributed by atoms with Gasteiger partial charge in [0.05, 0.1) is 18.2 Å². The van der Waals surface area contributed by atoms with E-state index in [1.54, 1.807) is 61.5 Å². The van der Waals surface area contributed by atoms with Crippen LogP contribution in [-0.2, 0) is 16.6 Å². The molecule has 0 atom stereocenters. The monoisotopic (exact) mass is 442 g/mol. The molecule has 3 rings (SSSR count). The fourth-order valence-electron chi connectivity index (χ4n) is 2.97. The van der Waals surface area contributed by atoms with Crippen molar-refractivity contribution in [3.05, 3.63) is 88.7 Å². The van der Waals surface area contributed by atoms with Gasteiger partial charge in [-0.1, -0.05) is 35.9 Å². The summed E-state index contributed by atoms with van der Waals surface area (Å²) in [6, 6.07) is 16.4. The zero-order chi connectivity index (χ0) is 22.4. The topological polar surface area (TPSA) is 77.0 Å². The molecule has 0 radical (unpaired) electrons. The molecule has 0 heterocycles. The zero-order valence-electron chi connectivity index (χ0n) is 17.4. The van der Waals surface area contributed by atoms with E-state index in [-0.39, 0.29) is 17.3 Å². The number of sulfonamides is 1. The number of halogens is 1. The molecule has 0 spiro atoms. The molecule has 8 heteroatoms. The highest BCUT2D eigenvalue weighted by Gasteiger charge is 2.15. The van der Waals surface area contributed by atoms with Gasteiger partial charge in [-0.25, -0.2) is 9.22 Å². The quantitative estimate of drug-likeness (QED) is 0.416. The summed E-state index contributed by atoms with van der Waals surface area (Å²) in [6.45, 7) is 3.68. The van der Waals surface area contributed by atoms with Crippen molar-refractivity contribution < 1.29 is 22.3 Å². The van der Waals surface area contributed by atoms with Crippen LogP contribution >= 0.6 is 0 Å². The summed E-state index contributed by atoms with van der Waals surface area (Å²) in [5.74, 6) is 0.498. The van der Waals surface area contributed by atoms with E-state index in [4.69, 9.17) is 9.47 Å². The Hall–Kier alpha value is -3.39. The Morgan fingerprint density at radius 2 is 1.81 bits per heavy atom. The van der Waals surface area contributed by atoms with Gasteiger partial charge in [-0.15, -0.1) is 0 Å². The molecule has 0 amide bonds. The molecule has 0 saturated carbocycles. The highest BCUT2D eigenvalue weighted by atomic mass is 32.2. The van der Waals surface area contributed by atoms with Gasteiger partial charge in [0.15, 0.2) is 11.5 Å². The number of hydrazone groups is 1. The molecule has 0 saturated heterocycles. The minimum atomic E-state index is -3.78. The first-order valence-corrected chi connectivity index (χ1v) is 10.9. The van der Waals surface area contributed by atoms with E-state index in [2.05, 4.69) is 9.93 Å². The van der Waals surface area contributed by atoms with Crippen molar-refractivity contribution in [2.24, 2.45) is 5.10 Å². The van der Waals surface area contributed by atoms with Gasteiger partial charge in [-0.2, -0.15) is 13.5 Å². The van der Waals surface area contributed by atoms with Crippen LogP contribution in [0.2, 0.25) is 0 Å². The van der Waals surface area contributed by atoms with Gasteiger partial charge in [-0.3, -0.25) is 0 Å². The molecule has 162 valence electrons. The van der Waals surface area contributed by atoms with Crippen LogP contribution in [0.5, 0.6) is 11.5 Å². The average Bonchev–Trinajstić information content (AvgIpc) is 2.73. The van der Waals surface area contributed by atoms with Crippen molar-refractivity contribution in [3.8, 4) is 11.5 Å². The maximum atomic E-state index is 13.8. The van der Waals surface area contributed by atoms with E-state index in [1.165, 1.54) is 19.4 Å². The van der Waals surface area contributed by atoms with Gasteiger partial charge in [0.25, 0.3) is 10.0 Å². The maximum Gasteiger partial charge on any atom is 0.276 e. The zero-order valence-corrected chi connectivity index (χ0v) is 18.2. The number of rotatable bonds is 8. The van der Waals surface area contributed by atoms with Crippen LogP contribution in [0.4, 0.5) is 4.39 Å². The molecule has 3 aromatic carbocycles. The Labute approximate surface area is 181 Å². The molecular weight excluding hydrogens is 419 g/mol. The standard InChI is InChI=1S/C23H23FN2O4S/c1-16-8-11-23(17(2)12-16)31(27,28)26-25-14-18-9-10-21(22(13-18)29-3)30-15-19-6-4-5-7-20(19)24/h4-14,26H,15H2,1-3H3/b25-14+. The van der Waals surface area contributed by atoms with Crippen molar-refractivity contribution in [3.63, 3.8) is 0 Å². The Balaban J connectivity index is 1.70. The number of hydrogen-bond donors (Lipinski definition) is 1. The highest BCUT2D eigenvalue weighted by molar-refractivity contribution is 7.89. The fraction of sp³-hybridized carbons (Fsp3) is 0.174. The lowest BCUT2D eigenvalue weighted by Crippen LogP contribution is -2.19. The lowest BCUT2D eigenvalue weighted by Gasteiger charge is -2.12. The lowest BCUT2D eigenvalue weighted by atomic mass is 10.2. The third-order valence-corrected chi connectivity index (χ3v) is 5.92. The second kappa shape index (κ2) is 9.61. The van der Waals surface area contributed by atoms with Crippen LogP contribution < -0.4 is 14.3 Å². The van der Waals surface area contributed by atoms with E-state index >= 15 is 0 Å². The molecule has 0 unspecified atom stereocenters. The van der Waals surface area contributed by atoms with E-state index in [0.717, 1.165) is 5.56 Å².